The van der Waals surface area contributed by atoms with Crippen molar-refractivity contribution in [2.75, 3.05) is 5.12 Å². The lowest BCUT2D eigenvalue weighted by Gasteiger charge is -2.28. The van der Waals surface area contributed by atoms with Crippen LogP contribution in [-0.4, -0.2) is 5.54 Å². The molecule has 1 aromatic rings. The molecule has 0 radical (unpaired) electrons. The molecule has 0 spiro atoms. The van der Waals surface area contributed by atoms with Crippen molar-refractivity contribution in [3.63, 3.8) is 0 Å². The highest BCUT2D eigenvalue weighted by Gasteiger charge is 2.20. The van der Waals surface area contributed by atoms with Gasteiger partial charge in [0.2, 0.25) is 0 Å². The van der Waals surface area contributed by atoms with Gasteiger partial charge in [0, 0.05) is 0 Å². The zero-order chi connectivity index (χ0) is 9.19. The van der Waals surface area contributed by atoms with E-state index in [2.05, 4.69) is 0 Å². The molecule has 0 N–H and O–H groups in total. The van der Waals surface area contributed by atoms with Crippen molar-refractivity contribution in [3.8, 4) is 0 Å². The van der Waals surface area contributed by atoms with Gasteiger partial charge >= 0.3 is 0 Å². The Morgan fingerprint density at radius 3 is 2.00 bits per heavy atom. The number of hydrogen-bond donors (Lipinski definition) is 0. The Morgan fingerprint density at radius 2 is 1.58 bits per heavy atom. The summed E-state index contributed by atoms with van der Waals surface area (Å²) in [4.78, 5) is 0. The third-order valence-electron chi connectivity index (χ3n) is 1.57. The summed E-state index contributed by atoms with van der Waals surface area (Å²) in [6.07, 6.45) is 0. The molecule has 0 aliphatic rings. The predicted molar refractivity (Wildman–Crippen MR) is 49.8 cm³/mol. The number of para-hydroxylation sites is 1. The van der Waals surface area contributed by atoms with E-state index in [1.807, 2.05) is 39.0 Å². The van der Waals surface area contributed by atoms with Crippen LogP contribution in [0, 0.1) is 0 Å². The molecule has 66 valence electrons. The lowest BCUT2D eigenvalue weighted by Crippen LogP contribution is -2.34. The zero-order valence-corrected chi connectivity index (χ0v) is 7.71. The van der Waals surface area contributed by atoms with Crippen molar-refractivity contribution in [2.24, 2.45) is 0 Å². The van der Waals surface area contributed by atoms with Crippen LogP contribution in [0.1, 0.15) is 20.8 Å². The van der Waals surface area contributed by atoms with Crippen LogP contribution < -0.4 is 5.12 Å². The fourth-order valence-corrected chi connectivity index (χ4v) is 0.946. The van der Waals surface area contributed by atoms with Crippen molar-refractivity contribution >= 4 is 5.69 Å². The smallest absolute Gasteiger partial charge is 0.0693 e. The summed E-state index contributed by atoms with van der Waals surface area (Å²) < 4.78 is 13.5. The quantitative estimate of drug-likeness (QED) is 0.581. The highest BCUT2D eigenvalue weighted by atomic mass is 19.2. The average Bonchev–Trinajstić information content (AvgIpc) is 2.03. The molecular weight excluding hydrogens is 153 g/mol. The molecule has 0 atom stereocenters. The van der Waals surface area contributed by atoms with E-state index >= 15 is 0 Å². The predicted octanol–water partition coefficient (Wildman–Crippen LogP) is 3.18. The van der Waals surface area contributed by atoms with E-state index in [4.69, 9.17) is 0 Å². The number of anilines is 1. The van der Waals surface area contributed by atoms with Gasteiger partial charge in [0.25, 0.3) is 0 Å². The third kappa shape index (κ3) is 1.97. The minimum Gasteiger partial charge on any atom is -0.207 e. The molecule has 0 saturated carbocycles. The highest BCUT2D eigenvalue weighted by molar-refractivity contribution is 5.45. The van der Waals surface area contributed by atoms with Crippen molar-refractivity contribution in [2.45, 2.75) is 26.3 Å². The van der Waals surface area contributed by atoms with Crippen molar-refractivity contribution < 1.29 is 4.48 Å². The second-order valence-corrected chi connectivity index (χ2v) is 3.79. The SMILES string of the molecule is CC(C)(C)N(F)c1ccccc1. The maximum atomic E-state index is 13.5. The van der Waals surface area contributed by atoms with Crippen LogP contribution in [0.15, 0.2) is 30.3 Å². The summed E-state index contributed by atoms with van der Waals surface area (Å²) in [5.74, 6) is 0. The van der Waals surface area contributed by atoms with Crippen molar-refractivity contribution in [3.05, 3.63) is 30.3 Å². The van der Waals surface area contributed by atoms with Gasteiger partial charge in [-0.1, -0.05) is 22.7 Å². The molecule has 1 rings (SSSR count). The van der Waals surface area contributed by atoms with E-state index < -0.39 is 5.54 Å². The molecule has 0 aliphatic carbocycles. The maximum Gasteiger partial charge on any atom is 0.0693 e. The first-order valence-corrected chi connectivity index (χ1v) is 4.03. The van der Waals surface area contributed by atoms with Gasteiger partial charge in [-0.3, -0.25) is 0 Å². The van der Waals surface area contributed by atoms with Crippen molar-refractivity contribution in [1.29, 1.82) is 0 Å². The molecular formula is C10H14FN. The first-order chi connectivity index (χ1) is 5.52. The molecule has 2 heteroatoms. The van der Waals surface area contributed by atoms with E-state index in [1.165, 1.54) is 0 Å². The van der Waals surface area contributed by atoms with E-state index in [9.17, 15) is 4.48 Å². The van der Waals surface area contributed by atoms with E-state index in [1.54, 1.807) is 12.1 Å². The van der Waals surface area contributed by atoms with Crippen LogP contribution in [0.2, 0.25) is 0 Å². The van der Waals surface area contributed by atoms with E-state index in [-0.39, 0.29) is 0 Å². The first-order valence-electron chi connectivity index (χ1n) is 4.03. The normalized spacial score (nSPS) is 11.3. The van der Waals surface area contributed by atoms with Gasteiger partial charge in [0.1, 0.15) is 0 Å². The molecule has 0 fully saturated rings. The molecule has 0 bridgehead atoms. The summed E-state index contributed by atoms with van der Waals surface area (Å²) >= 11 is 0. The van der Waals surface area contributed by atoms with E-state index in [0.29, 0.717) is 5.69 Å². The molecule has 1 nitrogen and oxygen atoms in total. The van der Waals surface area contributed by atoms with Gasteiger partial charge in [0.05, 0.1) is 11.2 Å². The fraction of sp³-hybridized carbons (Fsp3) is 0.400. The topological polar surface area (TPSA) is 3.24 Å². The Kier molecular flexibility index (Phi) is 2.36. The Labute approximate surface area is 72.8 Å². The van der Waals surface area contributed by atoms with Gasteiger partial charge in [-0.05, 0) is 32.9 Å². The number of rotatable bonds is 1. The summed E-state index contributed by atoms with van der Waals surface area (Å²) in [5.41, 5.74) is 0.131. The molecule has 0 heterocycles. The molecule has 0 amide bonds. The third-order valence-corrected chi connectivity index (χ3v) is 1.57. The Balaban J connectivity index is 2.86. The Morgan fingerprint density at radius 1 is 1.08 bits per heavy atom. The van der Waals surface area contributed by atoms with Crippen LogP contribution in [0.3, 0.4) is 0 Å². The molecule has 12 heavy (non-hydrogen) atoms. The Bertz CT molecular complexity index is 238. The maximum absolute atomic E-state index is 13.5. The summed E-state index contributed by atoms with van der Waals surface area (Å²) in [5, 5.41) is 0.771. The molecule has 0 aliphatic heterocycles. The lowest BCUT2D eigenvalue weighted by atomic mass is 10.1. The fourth-order valence-electron chi connectivity index (χ4n) is 0.946. The van der Waals surface area contributed by atoms with Crippen LogP contribution in [0.25, 0.3) is 0 Å². The van der Waals surface area contributed by atoms with Crippen LogP contribution in [0.4, 0.5) is 10.2 Å². The lowest BCUT2D eigenvalue weighted by molar-refractivity contribution is 0.311. The zero-order valence-electron chi connectivity index (χ0n) is 7.71. The van der Waals surface area contributed by atoms with Gasteiger partial charge < -0.3 is 0 Å². The van der Waals surface area contributed by atoms with Crippen LogP contribution >= 0.6 is 0 Å². The largest absolute Gasteiger partial charge is 0.207 e. The summed E-state index contributed by atoms with van der Waals surface area (Å²) in [6.45, 7) is 5.50. The molecule has 0 aromatic heterocycles. The van der Waals surface area contributed by atoms with Crippen LogP contribution in [-0.2, 0) is 0 Å². The minimum atomic E-state index is -0.471. The molecule has 1 aromatic carbocycles. The van der Waals surface area contributed by atoms with Gasteiger partial charge in [-0.2, -0.15) is 0 Å². The highest BCUT2D eigenvalue weighted by Crippen LogP contribution is 2.23. The number of hydrogen-bond acceptors (Lipinski definition) is 1. The van der Waals surface area contributed by atoms with Gasteiger partial charge in [0.15, 0.2) is 0 Å². The summed E-state index contributed by atoms with van der Waals surface area (Å²) in [7, 11) is 0. The first kappa shape index (κ1) is 9.04. The van der Waals surface area contributed by atoms with Crippen molar-refractivity contribution in [1.82, 2.24) is 0 Å². The van der Waals surface area contributed by atoms with Crippen LogP contribution in [0.5, 0.6) is 0 Å². The standard InChI is InChI=1S/C10H14FN/c1-10(2,3)12(11)9-7-5-4-6-8-9/h4-8H,1-3H3. The average molecular weight is 167 g/mol. The monoisotopic (exact) mass is 167 g/mol. The van der Waals surface area contributed by atoms with Gasteiger partial charge in [-0.15, -0.1) is 0 Å². The molecule has 0 unspecified atom stereocenters. The second-order valence-electron chi connectivity index (χ2n) is 3.79. The van der Waals surface area contributed by atoms with E-state index in [0.717, 1.165) is 5.12 Å². The second kappa shape index (κ2) is 3.13. The molecule has 0 saturated heterocycles. The number of benzene rings is 1. The number of halogens is 1. The minimum absolute atomic E-state index is 0.471. The Hall–Kier alpha value is -1.05. The number of nitrogens with zero attached hydrogens (tertiary/aromatic N) is 1. The van der Waals surface area contributed by atoms with Gasteiger partial charge in [-0.25, -0.2) is 5.12 Å². The summed E-state index contributed by atoms with van der Waals surface area (Å²) in [6, 6.07) is 9.04.